The van der Waals surface area contributed by atoms with Gasteiger partial charge in [-0.1, -0.05) is 0 Å². The van der Waals surface area contributed by atoms with E-state index in [-0.39, 0.29) is 12.2 Å². The predicted octanol–water partition coefficient (Wildman–Crippen LogP) is 2.01. The van der Waals surface area contributed by atoms with Gasteiger partial charge in [0.25, 0.3) is 0 Å². The molecule has 2 N–H and O–H groups in total. The van der Waals surface area contributed by atoms with Crippen molar-refractivity contribution in [1.82, 2.24) is 10.2 Å². The van der Waals surface area contributed by atoms with Crippen LogP contribution in [0.25, 0.3) is 0 Å². The van der Waals surface area contributed by atoms with Crippen molar-refractivity contribution < 1.29 is 23.4 Å². The van der Waals surface area contributed by atoms with E-state index in [0.717, 1.165) is 13.1 Å². The van der Waals surface area contributed by atoms with Crippen LogP contribution in [0.15, 0.2) is 12.1 Å². The summed E-state index contributed by atoms with van der Waals surface area (Å²) in [6.07, 6.45) is -2.75. The summed E-state index contributed by atoms with van der Waals surface area (Å²) in [6.45, 7) is 2.85. The lowest BCUT2D eigenvalue weighted by molar-refractivity contribution is 0.0718. The number of piperazine rings is 1. The molecule has 0 unspecified atom stereocenters. The van der Waals surface area contributed by atoms with Gasteiger partial charge < -0.3 is 19.9 Å². The Kier molecular flexibility index (Phi) is 5.79. The first-order chi connectivity index (χ1) is 10.6. The van der Waals surface area contributed by atoms with Crippen LogP contribution in [0.3, 0.4) is 0 Å². The molecule has 1 aliphatic rings. The molecule has 0 radical (unpaired) electrons. The summed E-state index contributed by atoms with van der Waals surface area (Å²) in [4.78, 5) is 2.00. The van der Waals surface area contributed by atoms with Crippen LogP contribution in [0.5, 0.6) is 17.2 Å². The van der Waals surface area contributed by atoms with Gasteiger partial charge in [0.2, 0.25) is 6.43 Å². The quantitative estimate of drug-likeness (QED) is 0.841. The molecule has 2 rings (SSSR count). The Morgan fingerprint density at radius 2 is 1.73 bits per heavy atom. The third-order valence-corrected chi connectivity index (χ3v) is 3.86. The average Bonchev–Trinajstić information content (AvgIpc) is 2.52. The van der Waals surface area contributed by atoms with E-state index in [2.05, 4.69) is 5.32 Å². The highest BCUT2D eigenvalue weighted by Crippen LogP contribution is 2.42. The van der Waals surface area contributed by atoms with Crippen molar-refractivity contribution in [3.05, 3.63) is 17.7 Å². The van der Waals surface area contributed by atoms with Crippen LogP contribution in [0.2, 0.25) is 0 Å². The molecule has 1 fully saturated rings. The van der Waals surface area contributed by atoms with Crippen molar-refractivity contribution in [2.75, 3.05) is 40.4 Å². The summed E-state index contributed by atoms with van der Waals surface area (Å²) in [5, 5.41) is 12.9. The van der Waals surface area contributed by atoms with Crippen LogP contribution in [0, 0.1) is 0 Å². The van der Waals surface area contributed by atoms with Crippen LogP contribution in [0.4, 0.5) is 8.78 Å². The number of methoxy groups -OCH3 is 2. The molecule has 7 heteroatoms. The normalized spacial score (nSPS) is 17.5. The molecule has 0 aliphatic carbocycles. The van der Waals surface area contributed by atoms with Crippen LogP contribution in [-0.2, 0) is 0 Å². The zero-order valence-electron chi connectivity index (χ0n) is 12.8. The first-order valence-corrected chi connectivity index (χ1v) is 7.24. The molecule has 0 spiro atoms. The number of ether oxygens (including phenoxy) is 2. The minimum absolute atomic E-state index is 0.0199. The summed E-state index contributed by atoms with van der Waals surface area (Å²) in [5.74, 6) is 0.704. The molecule has 0 bridgehead atoms. The largest absolute Gasteiger partial charge is 0.508 e. The number of rotatable bonds is 6. The fraction of sp³-hybridized carbons (Fsp3) is 0.600. The van der Waals surface area contributed by atoms with E-state index in [9.17, 15) is 13.9 Å². The molecule has 0 amide bonds. The fourth-order valence-corrected chi connectivity index (χ4v) is 2.87. The van der Waals surface area contributed by atoms with Gasteiger partial charge in [-0.25, -0.2) is 8.78 Å². The zero-order valence-corrected chi connectivity index (χ0v) is 12.8. The standard InChI is InChI=1S/C15H22F2N2O3/c1-21-12-7-10(20)8-13(22-2)15(12)11(9-14(16)17)19-5-3-18-4-6-19/h7-8,11,14,18,20H,3-6,9H2,1-2H3/t11-/m0/s1. The van der Waals surface area contributed by atoms with E-state index in [0.29, 0.717) is 30.2 Å². The molecule has 5 nitrogen and oxygen atoms in total. The van der Waals surface area contributed by atoms with Crippen molar-refractivity contribution in [2.45, 2.75) is 18.9 Å². The Morgan fingerprint density at radius 1 is 1.18 bits per heavy atom. The lowest BCUT2D eigenvalue weighted by atomic mass is 9.98. The summed E-state index contributed by atoms with van der Waals surface area (Å²) < 4.78 is 36.8. The van der Waals surface area contributed by atoms with Gasteiger partial charge in [-0.3, -0.25) is 4.90 Å². The van der Waals surface area contributed by atoms with E-state index in [1.54, 1.807) is 0 Å². The number of alkyl halides is 2. The Hall–Kier alpha value is -1.60. The number of hydrogen-bond donors (Lipinski definition) is 2. The average molecular weight is 316 g/mol. The number of nitrogens with zero attached hydrogens (tertiary/aromatic N) is 1. The van der Waals surface area contributed by atoms with Crippen molar-refractivity contribution >= 4 is 0 Å². The second-order valence-corrected chi connectivity index (χ2v) is 5.19. The lowest BCUT2D eigenvalue weighted by Gasteiger charge is -2.36. The summed E-state index contributed by atoms with van der Waals surface area (Å²) in [7, 11) is 2.91. The summed E-state index contributed by atoms with van der Waals surface area (Å²) in [6, 6.07) is 2.34. The molecular weight excluding hydrogens is 294 g/mol. The molecule has 1 aromatic carbocycles. The lowest BCUT2D eigenvalue weighted by Crippen LogP contribution is -2.45. The van der Waals surface area contributed by atoms with Crippen LogP contribution in [-0.4, -0.2) is 56.8 Å². The van der Waals surface area contributed by atoms with E-state index in [1.807, 2.05) is 4.90 Å². The Morgan fingerprint density at radius 3 is 2.18 bits per heavy atom. The first kappa shape index (κ1) is 16.8. The van der Waals surface area contributed by atoms with Gasteiger partial charge >= 0.3 is 0 Å². The van der Waals surface area contributed by atoms with Gasteiger partial charge in [0.15, 0.2) is 0 Å². The van der Waals surface area contributed by atoms with Gasteiger partial charge in [0.1, 0.15) is 17.2 Å². The number of benzene rings is 1. The van der Waals surface area contributed by atoms with Gasteiger partial charge in [-0.15, -0.1) is 0 Å². The number of phenols is 1. The van der Waals surface area contributed by atoms with Gasteiger partial charge in [0.05, 0.1) is 19.8 Å². The number of aromatic hydroxyl groups is 1. The number of phenolic OH excluding ortho intramolecular Hbond substituents is 1. The van der Waals surface area contributed by atoms with Gasteiger partial charge in [-0.2, -0.15) is 0 Å². The second kappa shape index (κ2) is 7.60. The molecule has 1 saturated heterocycles. The SMILES string of the molecule is COc1cc(O)cc(OC)c1[C@H](CC(F)F)N1CCNCC1. The maximum absolute atomic E-state index is 13.1. The fourth-order valence-electron chi connectivity index (χ4n) is 2.87. The van der Waals surface area contributed by atoms with Crippen molar-refractivity contribution in [3.8, 4) is 17.2 Å². The molecule has 124 valence electrons. The molecule has 1 heterocycles. The summed E-state index contributed by atoms with van der Waals surface area (Å²) in [5.41, 5.74) is 0.560. The smallest absolute Gasteiger partial charge is 0.240 e. The number of nitrogens with one attached hydrogen (secondary N) is 1. The van der Waals surface area contributed by atoms with Gasteiger partial charge in [-0.05, 0) is 0 Å². The van der Waals surface area contributed by atoms with Crippen LogP contribution in [0.1, 0.15) is 18.0 Å². The first-order valence-electron chi connectivity index (χ1n) is 7.24. The van der Waals surface area contributed by atoms with E-state index < -0.39 is 12.5 Å². The molecule has 1 aromatic rings. The Bertz CT molecular complexity index is 469. The highest BCUT2D eigenvalue weighted by molar-refractivity contribution is 5.52. The van der Waals surface area contributed by atoms with E-state index in [1.165, 1.54) is 26.4 Å². The predicted molar refractivity (Wildman–Crippen MR) is 79.0 cm³/mol. The van der Waals surface area contributed by atoms with Crippen molar-refractivity contribution in [3.63, 3.8) is 0 Å². The highest BCUT2D eigenvalue weighted by Gasteiger charge is 2.31. The Balaban J connectivity index is 2.45. The van der Waals surface area contributed by atoms with Crippen molar-refractivity contribution in [1.29, 1.82) is 0 Å². The molecule has 0 saturated carbocycles. The van der Waals surface area contributed by atoms with Crippen LogP contribution < -0.4 is 14.8 Å². The molecule has 22 heavy (non-hydrogen) atoms. The minimum Gasteiger partial charge on any atom is -0.508 e. The molecule has 1 aliphatic heterocycles. The third-order valence-electron chi connectivity index (χ3n) is 3.86. The van der Waals surface area contributed by atoms with E-state index in [4.69, 9.17) is 9.47 Å². The number of halogens is 2. The topological polar surface area (TPSA) is 54.0 Å². The maximum Gasteiger partial charge on any atom is 0.240 e. The van der Waals surface area contributed by atoms with Crippen molar-refractivity contribution in [2.24, 2.45) is 0 Å². The summed E-state index contributed by atoms with van der Waals surface area (Å²) >= 11 is 0. The molecular formula is C15H22F2N2O3. The minimum atomic E-state index is -2.44. The zero-order chi connectivity index (χ0) is 16.1. The van der Waals surface area contributed by atoms with Gasteiger partial charge in [0, 0.05) is 50.8 Å². The van der Waals surface area contributed by atoms with E-state index >= 15 is 0 Å². The number of hydrogen-bond acceptors (Lipinski definition) is 5. The maximum atomic E-state index is 13.1. The highest BCUT2D eigenvalue weighted by atomic mass is 19.3. The van der Waals surface area contributed by atoms with Crippen LogP contribution >= 0.6 is 0 Å². The third kappa shape index (κ3) is 3.78. The second-order valence-electron chi connectivity index (χ2n) is 5.19. The monoisotopic (exact) mass is 316 g/mol. The molecule has 1 atom stereocenters. The Labute approximate surface area is 128 Å². The molecule has 0 aromatic heterocycles.